The van der Waals surface area contributed by atoms with Gasteiger partial charge in [0.1, 0.15) is 11.3 Å². The Morgan fingerprint density at radius 1 is 1.02 bits per heavy atom. The Kier molecular flexibility index (Phi) is 7.51. The quantitative estimate of drug-likeness (QED) is 0.218. The number of halogens is 3. The molecule has 2 heterocycles. The van der Waals surface area contributed by atoms with Crippen molar-refractivity contribution in [2.24, 2.45) is 13.0 Å². The van der Waals surface area contributed by atoms with Gasteiger partial charge in [-0.2, -0.15) is 18.3 Å². The van der Waals surface area contributed by atoms with Crippen molar-refractivity contribution >= 4 is 5.97 Å². The summed E-state index contributed by atoms with van der Waals surface area (Å²) < 4.78 is 56.1. The number of benzene rings is 2. The summed E-state index contributed by atoms with van der Waals surface area (Å²) in [5, 5.41) is 12.8. The third kappa shape index (κ3) is 5.64. The summed E-state index contributed by atoms with van der Waals surface area (Å²) in [7, 11) is 3.15. The Morgan fingerprint density at radius 3 is 2.45 bits per heavy atom. The smallest absolute Gasteiger partial charge is 0.425 e. The first kappa shape index (κ1) is 28.0. The minimum atomic E-state index is -4.45. The van der Waals surface area contributed by atoms with Crippen LogP contribution in [-0.2, 0) is 11.8 Å². The van der Waals surface area contributed by atoms with Gasteiger partial charge < -0.3 is 9.47 Å². The van der Waals surface area contributed by atoms with Crippen molar-refractivity contribution in [1.29, 1.82) is 0 Å². The molecular formula is C31H32F3N5O3. The molecule has 6 rings (SSSR count). The molecule has 11 heteroatoms. The van der Waals surface area contributed by atoms with Gasteiger partial charge in [0.05, 0.1) is 30.4 Å². The van der Waals surface area contributed by atoms with Crippen molar-refractivity contribution in [1.82, 2.24) is 24.8 Å². The number of methoxy groups -OCH3 is 1. The zero-order chi connectivity index (χ0) is 29.4. The van der Waals surface area contributed by atoms with E-state index in [9.17, 15) is 18.0 Å². The Morgan fingerprint density at radius 2 is 1.76 bits per heavy atom. The molecule has 0 bridgehead atoms. The molecule has 3 unspecified atom stereocenters. The van der Waals surface area contributed by atoms with E-state index in [1.54, 1.807) is 27.6 Å². The van der Waals surface area contributed by atoms with E-state index in [2.05, 4.69) is 15.4 Å². The van der Waals surface area contributed by atoms with Crippen LogP contribution in [0.4, 0.5) is 13.2 Å². The number of aryl methyl sites for hydroxylation is 1. The Hall–Kier alpha value is -4.15. The van der Waals surface area contributed by atoms with E-state index in [0.29, 0.717) is 29.7 Å². The molecule has 2 aliphatic carbocycles. The highest BCUT2D eigenvalue weighted by atomic mass is 19.4. The first-order chi connectivity index (χ1) is 20.2. The molecule has 0 saturated heterocycles. The van der Waals surface area contributed by atoms with Crippen LogP contribution >= 0.6 is 0 Å². The average molecular weight is 580 g/mol. The normalized spacial score (nSPS) is 19.8. The summed E-state index contributed by atoms with van der Waals surface area (Å²) in [6, 6.07) is 14.3. The van der Waals surface area contributed by atoms with Crippen LogP contribution in [-0.4, -0.2) is 50.1 Å². The number of esters is 1. The van der Waals surface area contributed by atoms with Gasteiger partial charge in [0.15, 0.2) is 6.10 Å². The molecule has 2 fully saturated rings. The highest BCUT2D eigenvalue weighted by Crippen LogP contribution is 2.55. The summed E-state index contributed by atoms with van der Waals surface area (Å²) in [4.78, 5) is 12.7. The average Bonchev–Trinajstić information content (AvgIpc) is 3.44. The van der Waals surface area contributed by atoms with Crippen molar-refractivity contribution < 1.29 is 27.4 Å². The van der Waals surface area contributed by atoms with Crippen molar-refractivity contribution in [3.63, 3.8) is 0 Å². The summed E-state index contributed by atoms with van der Waals surface area (Å²) in [6.07, 6.45) is 1.48. The van der Waals surface area contributed by atoms with Gasteiger partial charge in [0, 0.05) is 31.0 Å². The Bertz CT molecular complexity index is 1570. The fraction of sp³-hybridized carbons (Fsp3) is 0.419. The fourth-order valence-corrected chi connectivity index (χ4v) is 6.13. The maximum absolute atomic E-state index is 14.0. The van der Waals surface area contributed by atoms with Crippen LogP contribution in [0.3, 0.4) is 0 Å². The van der Waals surface area contributed by atoms with Crippen LogP contribution < -0.4 is 4.74 Å². The van der Waals surface area contributed by atoms with Crippen molar-refractivity contribution in [3.05, 3.63) is 77.9 Å². The Labute approximate surface area is 241 Å². The number of carbonyl (C=O) groups excluding carboxylic acids is 1. The zero-order valence-corrected chi connectivity index (χ0v) is 23.4. The molecule has 2 saturated carbocycles. The lowest BCUT2D eigenvalue weighted by molar-refractivity contribution is -0.212. The molecule has 2 aromatic heterocycles. The van der Waals surface area contributed by atoms with Crippen molar-refractivity contribution in [2.75, 3.05) is 7.11 Å². The van der Waals surface area contributed by atoms with E-state index in [1.165, 1.54) is 13.3 Å². The number of rotatable bonds is 8. The summed E-state index contributed by atoms with van der Waals surface area (Å²) in [5.74, 6) is -0.734. The standard InChI is InChI=1S/C31H32F3N5O3/c1-38-18-27(36-37-38)24-16-25(24)28-26(30(40)41-2)17-35-39(28)22-12-6-10-20(14-22)21-11-7-13-23(15-21)42-29(31(32,33)34)19-8-4-3-5-9-19/h6-7,10-15,17-19,24-25,29H,3-5,8-9,16H2,1-2H3. The highest BCUT2D eigenvalue weighted by Gasteiger charge is 2.47. The largest absolute Gasteiger partial charge is 0.481 e. The summed E-state index contributed by atoms with van der Waals surface area (Å²) in [6.45, 7) is 0. The van der Waals surface area contributed by atoms with E-state index in [0.717, 1.165) is 42.6 Å². The molecule has 0 spiro atoms. The van der Waals surface area contributed by atoms with Crippen LogP contribution in [0.25, 0.3) is 16.8 Å². The third-order valence-corrected chi connectivity index (χ3v) is 8.28. The number of nitrogens with zero attached hydrogens (tertiary/aromatic N) is 5. The first-order valence-corrected chi connectivity index (χ1v) is 14.2. The van der Waals surface area contributed by atoms with E-state index in [-0.39, 0.29) is 17.6 Å². The molecular weight excluding hydrogens is 547 g/mol. The molecule has 2 aromatic carbocycles. The van der Waals surface area contributed by atoms with Crippen molar-refractivity contribution in [2.45, 2.75) is 62.6 Å². The van der Waals surface area contributed by atoms with Crippen LogP contribution in [0.2, 0.25) is 0 Å². The van der Waals surface area contributed by atoms with E-state index >= 15 is 0 Å². The van der Waals surface area contributed by atoms with E-state index in [1.807, 2.05) is 43.6 Å². The first-order valence-electron chi connectivity index (χ1n) is 14.2. The maximum atomic E-state index is 14.0. The third-order valence-electron chi connectivity index (χ3n) is 8.28. The molecule has 0 radical (unpaired) electrons. The number of alkyl halides is 3. The van der Waals surface area contributed by atoms with Gasteiger partial charge in [-0.25, -0.2) is 9.48 Å². The second-order valence-electron chi connectivity index (χ2n) is 11.2. The van der Waals surface area contributed by atoms with Crippen LogP contribution in [0.1, 0.15) is 72.1 Å². The lowest BCUT2D eigenvalue weighted by atomic mass is 9.85. The number of hydrogen-bond donors (Lipinski definition) is 0. The van der Waals surface area contributed by atoms with Crippen LogP contribution in [0, 0.1) is 5.92 Å². The zero-order valence-electron chi connectivity index (χ0n) is 23.4. The molecule has 0 aliphatic heterocycles. The summed E-state index contributed by atoms with van der Waals surface area (Å²) in [5.41, 5.74) is 4.17. The summed E-state index contributed by atoms with van der Waals surface area (Å²) >= 11 is 0. The van der Waals surface area contributed by atoms with Gasteiger partial charge in [-0.05, 0) is 54.7 Å². The van der Waals surface area contributed by atoms with Gasteiger partial charge >= 0.3 is 12.1 Å². The minimum absolute atomic E-state index is 0.00206. The monoisotopic (exact) mass is 579 g/mol. The second kappa shape index (κ2) is 11.3. The fourth-order valence-electron chi connectivity index (χ4n) is 6.13. The Balaban J connectivity index is 1.30. The molecule has 3 atom stereocenters. The van der Waals surface area contributed by atoms with Gasteiger partial charge in [-0.15, -0.1) is 5.10 Å². The molecule has 220 valence electrons. The predicted molar refractivity (Wildman–Crippen MR) is 148 cm³/mol. The molecule has 8 nitrogen and oxygen atoms in total. The number of hydrogen-bond acceptors (Lipinski definition) is 6. The van der Waals surface area contributed by atoms with Gasteiger partial charge in [-0.3, -0.25) is 4.68 Å². The number of aromatic nitrogens is 5. The van der Waals surface area contributed by atoms with Crippen LogP contribution in [0.15, 0.2) is 60.9 Å². The maximum Gasteiger partial charge on any atom is 0.425 e. The SMILES string of the molecule is COC(=O)c1cnn(-c2cccc(-c3cccc(OC(C4CCCCC4)C(F)(F)F)c3)c2)c1C1CC1c1cn(C)nn1. The van der Waals surface area contributed by atoms with Gasteiger partial charge in [-0.1, -0.05) is 48.7 Å². The van der Waals surface area contributed by atoms with E-state index < -0.39 is 24.2 Å². The van der Waals surface area contributed by atoms with Crippen LogP contribution in [0.5, 0.6) is 5.75 Å². The lowest BCUT2D eigenvalue weighted by Gasteiger charge is -2.32. The molecule has 0 N–H and O–H groups in total. The predicted octanol–water partition coefficient (Wildman–Crippen LogP) is 6.62. The molecule has 0 amide bonds. The second-order valence-corrected chi connectivity index (χ2v) is 11.2. The number of ether oxygens (including phenoxy) is 2. The molecule has 4 aromatic rings. The minimum Gasteiger partial charge on any atom is -0.481 e. The lowest BCUT2D eigenvalue weighted by Crippen LogP contribution is -2.41. The van der Waals surface area contributed by atoms with E-state index in [4.69, 9.17) is 9.47 Å². The molecule has 2 aliphatic rings. The van der Waals surface area contributed by atoms with Gasteiger partial charge in [0.25, 0.3) is 0 Å². The number of carbonyl (C=O) groups is 1. The molecule has 42 heavy (non-hydrogen) atoms. The highest BCUT2D eigenvalue weighted by molar-refractivity contribution is 5.91. The van der Waals surface area contributed by atoms with Gasteiger partial charge in [0.2, 0.25) is 0 Å². The topological polar surface area (TPSA) is 84.1 Å². The van der Waals surface area contributed by atoms with Crippen molar-refractivity contribution in [3.8, 4) is 22.6 Å².